The molecule has 0 unspecified atom stereocenters. The van der Waals surface area contributed by atoms with Gasteiger partial charge in [0.1, 0.15) is 0 Å². The number of fused-ring (bicyclic) bond motifs is 2. The van der Waals surface area contributed by atoms with Gasteiger partial charge >= 0.3 is 0 Å². The molecule has 0 amide bonds. The Bertz CT molecular complexity index is 502. The fourth-order valence-electron chi connectivity index (χ4n) is 3.59. The Morgan fingerprint density at radius 1 is 0.944 bits per heavy atom. The molecule has 0 radical (unpaired) electrons. The minimum atomic E-state index is 0. The predicted octanol–water partition coefficient (Wildman–Crippen LogP) is 3.36. The number of hydrogen-bond acceptors (Lipinski definition) is 1. The minimum absolute atomic E-state index is 0. The fraction of sp³-hybridized carbons (Fsp3) is 0.667. The molecular formula is C15H23IN2. The molecule has 3 heteroatoms. The van der Waals surface area contributed by atoms with E-state index >= 15 is 0 Å². The Morgan fingerprint density at radius 2 is 1.50 bits per heavy atom. The van der Waals surface area contributed by atoms with Gasteiger partial charge in [0.15, 0.2) is 0 Å². The molecule has 1 heterocycles. The SMILES string of the molecule is CCCn1c2c(c(=N)c3c1CCC3)CCCC2.I. The molecule has 0 fully saturated rings. The summed E-state index contributed by atoms with van der Waals surface area (Å²) in [5.74, 6) is 0. The van der Waals surface area contributed by atoms with E-state index in [1.807, 2.05) is 0 Å². The quantitative estimate of drug-likeness (QED) is 0.786. The van der Waals surface area contributed by atoms with Crippen molar-refractivity contribution in [3.8, 4) is 0 Å². The average molecular weight is 358 g/mol. The van der Waals surface area contributed by atoms with E-state index in [0.717, 1.165) is 24.7 Å². The van der Waals surface area contributed by atoms with E-state index in [2.05, 4.69) is 11.5 Å². The normalized spacial score (nSPS) is 16.9. The van der Waals surface area contributed by atoms with Crippen molar-refractivity contribution in [1.82, 2.24) is 4.57 Å². The van der Waals surface area contributed by atoms with Gasteiger partial charge in [-0.25, -0.2) is 0 Å². The smallest absolute Gasteiger partial charge is 0.0638 e. The first-order chi connectivity index (χ1) is 8.33. The van der Waals surface area contributed by atoms with Crippen LogP contribution in [0.4, 0.5) is 0 Å². The average Bonchev–Trinajstić information content (AvgIpc) is 2.84. The second kappa shape index (κ2) is 5.76. The number of rotatable bonds is 2. The molecule has 0 saturated heterocycles. The van der Waals surface area contributed by atoms with Crippen LogP contribution in [0.1, 0.15) is 55.1 Å². The molecule has 0 spiro atoms. The molecule has 0 atom stereocenters. The second-order valence-corrected chi connectivity index (χ2v) is 5.44. The Labute approximate surface area is 126 Å². The number of nitrogens with zero attached hydrogens (tertiary/aromatic N) is 1. The van der Waals surface area contributed by atoms with Crippen molar-refractivity contribution in [3.05, 3.63) is 27.9 Å². The zero-order chi connectivity index (χ0) is 11.8. The standard InChI is InChI=1S/C15H22N2.HI/c1-2-10-17-13-8-4-3-6-11(13)15(16)12-7-5-9-14(12)17;/h16H,2-10H2,1H3;1H. The highest BCUT2D eigenvalue weighted by Gasteiger charge is 2.23. The lowest BCUT2D eigenvalue weighted by Gasteiger charge is -2.25. The third-order valence-electron chi connectivity index (χ3n) is 4.33. The lowest BCUT2D eigenvalue weighted by Crippen LogP contribution is -2.27. The second-order valence-electron chi connectivity index (χ2n) is 5.44. The van der Waals surface area contributed by atoms with Crippen molar-refractivity contribution >= 4 is 24.0 Å². The monoisotopic (exact) mass is 358 g/mol. The van der Waals surface area contributed by atoms with E-state index in [0.29, 0.717) is 0 Å². The number of pyridine rings is 1. The van der Waals surface area contributed by atoms with Gasteiger partial charge in [-0.05, 0) is 62.5 Å². The number of aromatic nitrogens is 1. The van der Waals surface area contributed by atoms with Crippen LogP contribution in [0, 0.1) is 5.41 Å². The maximum absolute atomic E-state index is 8.42. The highest BCUT2D eigenvalue weighted by atomic mass is 127. The van der Waals surface area contributed by atoms with Crippen LogP contribution >= 0.6 is 24.0 Å². The van der Waals surface area contributed by atoms with Gasteiger partial charge in [0, 0.05) is 17.9 Å². The van der Waals surface area contributed by atoms with Gasteiger partial charge in [-0.3, -0.25) is 0 Å². The number of halogens is 1. The molecule has 3 rings (SSSR count). The van der Waals surface area contributed by atoms with Crippen molar-refractivity contribution in [1.29, 1.82) is 5.41 Å². The molecule has 100 valence electrons. The Hall–Kier alpha value is -0.320. The highest BCUT2D eigenvalue weighted by molar-refractivity contribution is 14.0. The van der Waals surface area contributed by atoms with E-state index in [-0.39, 0.29) is 24.0 Å². The maximum atomic E-state index is 8.42. The molecular weight excluding hydrogens is 335 g/mol. The number of hydrogen-bond donors (Lipinski definition) is 1. The molecule has 0 bridgehead atoms. The van der Waals surface area contributed by atoms with Gasteiger partial charge in [-0.1, -0.05) is 6.92 Å². The Kier molecular flexibility index (Phi) is 4.51. The molecule has 0 saturated carbocycles. The van der Waals surface area contributed by atoms with E-state index in [1.165, 1.54) is 61.0 Å². The fourth-order valence-corrected chi connectivity index (χ4v) is 3.59. The predicted molar refractivity (Wildman–Crippen MR) is 84.7 cm³/mol. The molecule has 0 aromatic carbocycles. The van der Waals surface area contributed by atoms with Crippen molar-refractivity contribution < 1.29 is 0 Å². The van der Waals surface area contributed by atoms with Crippen molar-refractivity contribution in [3.63, 3.8) is 0 Å². The summed E-state index contributed by atoms with van der Waals surface area (Å²) in [6.07, 6.45) is 9.76. The van der Waals surface area contributed by atoms with Crippen LogP contribution in [-0.4, -0.2) is 4.57 Å². The third-order valence-corrected chi connectivity index (χ3v) is 4.33. The molecule has 2 aliphatic carbocycles. The first-order valence-electron chi connectivity index (χ1n) is 7.13. The third kappa shape index (κ3) is 2.15. The molecule has 2 nitrogen and oxygen atoms in total. The lowest BCUT2D eigenvalue weighted by molar-refractivity contribution is 0.556. The topological polar surface area (TPSA) is 28.8 Å². The van der Waals surface area contributed by atoms with Crippen LogP contribution in [-0.2, 0) is 32.2 Å². The Balaban J connectivity index is 0.00000120. The van der Waals surface area contributed by atoms with E-state index in [4.69, 9.17) is 5.41 Å². The van der Waals surface area contributed by atoms with Gasteiger partial charge in [-0.2, -0.15) is 0 Å². The van der Waals surface area contributed by atoms with E-state index in [1.54, 1.807) is 0 Å². The summed E-state index contributed by atoms with van der Waals surface area (Å²) in [6, 6.07) is 0. The largest absolute Gasteiger partial charge is 0.348 e. The molecule has 18 heavy (non-hydrogen) atoms. The summed E-state index contributed by atoms with van der Waals surface area (Å²) in [5, 5.41) is 9.32. The zero-order valence-electron chi connectivity index (χ0n) is 11.2. The Morgan fingerprint density at radius 3 is 2.17 bits per heavy atom. The summed E-state index contributed by atoms with van der Waals surface area (Å²) in [5.41, 5.74) is 5.76. The minimum Gasteiger partial charge on any atom is -0.348 e. The first kappa shape index (κ1) is 14.1. The van der Waals surface area contributed by atoms with Crippen LogP contribution in [0.15, 0.2) is 0 Å². The van der Waals surface area contributed by atoms with Crippen LogP contribution in [0.3, 0.4) is 0 Å². The molecule has 1 aromatic heterocycles. The van der Waals surface area contributed by atoms with Gasteiger partial charge < -0.3 is 9.98 Å². The lowest BCUT2D eigenvalue weighted by atomic mass is 9.92. The summed E-state index contributed by atoms with van der Waals surface area (Å²) in [7, 11) is 0. The van der Waals surface area contributed by atoms with Crippen LogP contribution in [0.2, 0.25) is 0 Å². The first-order valence-corrected chi connectivity index (χ1v) is 7.13. The van der Waals surface area contributed by atoms with Gasteiger partial charge in [0.05, 0.1) is 5.36 Å². The summed E-state index contributed by atoms with van der Waals surface area (Å²) >= 11 is 0. The van der Waals surface area contributed by atoms with Gasteiger partial charge in [0.25, 0.3) is 0 Å². The van der Waals surface area contributed by atoms with Gasteiger partial charge in [0.2, 0.25) is 0 Å². The highest BCUT2D eigenvalue weighted by Crippen LogP contribution is 2.26. The van der Waals surface area contributed by atoms with E-state index in [9.17, 15) is 0 Å². The molecule has 0 aliphatic heterocycles. The summed E-state index contributed by atoms with van der Waals surface area (Å²) in [4.78, 5) is 0. The maximum Gasteiger partial charge on any atom is 0.0638 e. The molecule has 1 aromatic rings. The zero-order valence-corrected chi connectivity index (χ0v) is 13.5. The van der Waals surface area contributed by atoms with Crippen molar-refractivity contribution in [2.24, 2.45) is 0 Å². The van der Waals surface area contributed by atoms with Crippen molar-refractivity contribution in [2.45, 2.75) is 64.8 Å². The summed E-state index contributed by atoms with van der Waals surface area (Å²) < 4.78 is 2.58. The van der Waals surface area contributed by atoms with Crippen LogP contribution < -0.4 is 5.36 Å². The number of nitrogens with one attached hydrogen (secondary N) is 1. The van der Waals surface area contributed by atoms with Crippen LogP contribution in [0.5, 0.6) is 0 Å². The van der Waals surface area contributed by atoms with Crippen molar-refractivity contribution in [2.75, 3.05) is 0 Å². The van der Waals surface area contributed by atoms with Crippen LogP contribution in [0.25, 0.3) is 0 Å². The molecule has 1 N–H and O–H groups in total. The van der Waals surface area contributed by atoms with E-state index < -0.39 is 0 Å². The summed E-state index contributed by atoms with van der Waals surface area (Å²) in [6.45, 7) is 3.42. The molecule has 2 aliphatic rings. The van der Waals surface area contributed by atoms with Gasteiger partial charge in [-0.15, -0.1) is 24.0 Å².